The van der Waals surface area contributed by atoms with Crippen molar-refractivity contribution >= 4 is 5.97 Å². The summed E-state index contributed by atoms with van der Waals surface area (Å²) in [4.78, 5) is 12.8. The molecule has 0 aliphatic rings. The van der Waals surface area contributed by atoms with Gasteiger partial charge < -0.3 is 4.74 Å². The number of hydrogen-bond acceptors (Lipinski definition) is 4. The van der Waals surface area contributed by atoms with Gasteiger partial charge in [0.15, 0.2) is 0 Å². The maximum absolute atomic E-state index is 11.0. The summed E-state index contributed by atoms with van der Waals surface area (Å²) in [5, 5.41) is 8.70. The number of carbonyl (C=O) groups excluding carboxylic acids is 1. The van der Waals surface area contributed by atoms with Crippen molar-refractivity contribution in [1.82, 2.24) is 4.90 Å². The van der Waals surface area contributed by atoms with E-state index in [-0.39, 0.29) is 24.6 Å². The van der Waals surface area contributed by atoms with E-state index in [9.17, 15) is 4.79 Å². The molecule has 0 aliphatic carbocycles. The Morgan fingerprint density at radius 3 is 2.38 bits per heavy atom. The van der Waals surface area contributed by atoms with Crippen molar-refractivity contribution in [1.29, 1.82) is 5.26 Å². The Bertz CT molecular complexity index is 208. The van der Waals surface area contributed by atoms with Gasteiger partial charge in [0.1, 0.15) is 0 Å². The number of rotatable bonds is 4. The fourth-order valence-corrected chi connectivity index (χ4v) is 1.05. The van der Waals surface area contributed by atoms with Crippen LogP contribution in [0.4, 0.5) is 0 Å². The predicted octanol–water partition coefficient (Wildman–Crippen LogP) is 0.782. The molecule has 0 bridgehead atoms. The van der Waals surface area contributed by atoms with Crippen molar-refractivity contribution in [3.05, 3.63) is 0 Å². The van der Waals surface area contributed by atoms with E-state index in [0.29, 0.717) is 0 Å². The van der Waals surface area contributed by atoms with Gasteiger partial charge in [0.25, 0.3) is 0 Å². The van der Waals surface area contributed by atoms with Crippen LogP contribution in [0.5, 0.6) is 0 Å². The molecular formula is C9H16N2O2. The van der Waals surface area contributed by atoms with Gasteiger partial charge in [0, 0.05) is 6.04 Å². The first-order valence-electron chi connectivity index (χ1n) is 4.25. The molecule has 1 unspecified atom stereocenters. The molecule has 0 fully saturated rings. The fraction of sp³-hybridized carbons (Fsp3) is 0.778. The summed E-state index contributed by atoms with van der Waals surface area (Å²) in [7, 11) is 1.35. The largest absolute Gasteiger partial charge is 0.468 e. The molecule has 0 aliphatic heterocycles. The van der Waals surface area contributed by atoms with Crippen LogP contribution in [-0.2, 0) is 9.53 Å². The van der Waals surface area contributed by atoms with Crippen LogP contribution in [0.15, 0.2) is 0 Å². The maximum atomic E-state index is 11.0. The van der Waals surface area contributed by atoms with Crippen LogP contribution < -0.4 is 0 Å². The van der Waals surface area contributed by atoms with Crippen LogP contribution in [-0.4, -0.2) is 36.6 Å². The lowest BCUT2D eigenvalue weighted by Gasteiger charge is -2.26. The van der Waals surface area contributed by atoms with E-state index >= 15 is 0 Å². The monoisotopic (exact) mass is 184 g/mol. The van der Waals surface area contributed by atoms with Crippen molar-refractivity contribution in [2.75, 3.05) is 13.7 Å². The van der Waals surface area contributed by atoms with Crippen LogP contribution in [0.2, 0.25) is 0 Å². The van der Waals surface area contributed by atoms with Crippen LogP contribution in [0.3, 0.4) is 0 Å². The van der Waals surface area contributed by atoms with Crippen molar-refractivity contribution in [3.8, 4) is 6.07 Å². The van der Waals surface area contributed by atoms with Crippen LogP contribution in [0.25, 0.3) is 0 Å². The molecule has 0 rings (SSSR count). The third kappa shape index (κ3) is 3.90. The number of hydrogen-bond donors (Lipinski definition) is 0. The number of nitriles is 1. The number of methoxy groups -OCH3 is 1. The maximum Gasteiger partial charge on any atom is 0.319 e. The minimum absolute atomic E-state index is 0.161. The van der Waals surface area contributed by atoms with Crippen LogP contribution >= 0.6 is 0 Å². The van der Waals surface area contributed by atoms with E-state index in [4.69, 9.17) is 5.26 Å². The normalized spacial score (nSPS) is 12.7. The molecule has 74 valence electrons. The molecule has 0 amide bonds. The van der Waals surface area contributed by atoms with Crippen molar-refractivity contribution in [2.45, 2.75) is 32.9 Å². The van der Waals surface area contributed by atoms with Gasteiger partial charge in [0.2, 0.25) is 0 Å². The van der Waals surface area contributed by atoms with Gasteiger partial charge in [-0.1, -0.05) is 0 Å². The molecular weight excluding hydrogens is 168 g/mol. The molecule has 1 atom stereocenters. The minimum Gasteiger partial charge on any atom is -0.468 e. The fourth-order valence-electron chi connectivity index (χ4n) is 1.05. The third-order valence-corrected chi connectivity index (χ3v) is 1.89. The van der Waals surface area contributed by atoms with Crippen molar-refractivity contribution in [3.63, 3.8) is 0 Å². The van der Waals surface area contributed by atoms with Gasteiger partial charge in [-0.05, 0) is 20.8 Å². The second-order valence-corrected chi connectivity index (χ2v) is 3.15. The number of esters is 1. The molecule has 0 aromatic carbocycles. The second-order valence-electron chi connectivity index (χ2n) is 3.15. The zero-order chi connectivity index (χ0) is 10.4. The molecule has 0 saturated carbocycles. The highest BCUT2D eigenvalue weighted by atomic mass is 16.5. The molecule has 0 radical (unpaired) electrons. The molecule has 0 spiro atoms. The molecule has 0 aromatic heterocycles. The highest BCUT2D eigenvalue weighted by Crippen LogP contribution is 2.04. The first-order chi connectivity index (χ1) is 6.02. The quantitative estimate of drug-likeness (QED) is 0.606. The van der Waals surface area contributed by atoms with Gasteiger partial charge >= 0.3 is 5.97 Å². The summed E-state index contributed by atoms with van der Waals surface area (Å²) in [6.07, 6.45) is 0. The first-order valence-corrected chi connectivity index (χ1v) is 4.25. The van der Waals surface area contributed by atoms with Crippen molar-refractivity contribution < 1.29 is 9.53 Å². The lowest BCUT2D eigenvalue weighted by atomic mass is 10.2. The summed E-state index contributed by atoms with van der Waals surface area (Å²) < 4.78 is 4.54. The van der Waals surface area contributed by atoms with E-state index < -0.39 is 0 Å². The highest BCUT2D eigenvalue weighted by molar-refractivity contribution is 5.71. The lowest BCUT2D eigenvalue weighted by molar-refractivity contribution is -0.142. The Labute approximate surface area is 79.1 Å². The summed E-state index contributed by atoms with van der Waals surface area (Å²) in [5.41, 5.74) is 0. The van der Waals surface area contributed by atoms with E-state index in [1.807, 2.05) is 13.8 Å². The highest BCUT2D eigenvalue weighted by Gasteiger charge is 2.19. The lowest BCUT2D eigenvalue weighted by Crippen LogP contribution is -2.41. The van der Waals surface area contributed by atoms with Crippen LogP contribution in [0, 0.1) is 11.3 Å². The van der Waals surface area contributed by atoms with Crippen molar-refractivity contribution in [2.24, 2.45) is 0 Å². The topological polar surface area (TPSA) is 53.3 Å². The zero-order valence-electron chi connectivity index (χ0n) is 8.57. The van der Waals surface area contributed by atoms with E-state index in [1.165, 1.54) is 7.11 Å². The predicted molar refractivity (Wildman–Crippen MR) is 48.9 cm³/mol. The average molecular weight is 184 g/mol. The molecule has 0 saturated heterocycles. The average Bonchev–Trinajstić information content (AvgIpc) is 2.11. The molecule has 0 heterocycles. The number of ether oxygens (including phenoxy) is 1. The number of nitrogens with zero attached hydrogens (tertiary/aromatic N) is 2. The minimum atomic E-state index is -0.309. The Morgan fingerprint density at radius 1 is 1.54 bits per heavy atom. The zero-order valence-corrected chi connectivity index (χ0v) is 8.57. The number of carbonyl (C=O) groups is 1. The Balaban J connectivity index is 4.28. The molecule has 0 aromatic rings. The summed E-state index contributed by atoms with van der Waals surface area (Å²) in [5.74, 6) is -0.309. The van der Waals surface area contributed by atoms with Crippen LogP contribution in [0.1, 0.15) is 20.8 Å². The molecule has 13 heavy (non-hydrogen) atoms. The van der Waals surface area contributed by atoms with Gasteiger partial charge in [-0.15, -0.1) is 0 Å². The smallest absolute Gasteiger partial charge is 0.319 e. The third-order valence-electron chi connectivity index (χ3n) is 1.89. The van der Waals surface area contributed by atoms with Gasteiger partial charge in [-0.2, -0.15) is 5.26 Å². The van der Waals surface area contributed by atoms with E-state index in [2.05, 4.69) is 10.8 Å². The SMILES string of the molecule is COC(=O)CN(C(C)C)C(C)C#N. The standard InChI is InChI=1S/C9H16N2O2/c1-7(2)11(8(3)5-10)6-9(12)13-4/h7-8H,6H2,1-4H3. The summed E-state index contributed by atoms with van der Waals surface area (Å²) in [6.45, 7) is 5.82. The Kier molecular flexibility index (Phi) is 5.09. The van der Waals surface area contributed by atoms with E-state index in [1.54, 1.807) is 11.8 Å². The van der Waals surface area contributed by atoms with E-state index in [0.717, 1.165) is 0 Å². The van der Waals surface area contributed by atoms with Gasteiger partial charge in [0.05, 0.1) is 25.8 Å². The van der Waals surface area contributed by atoms with Gasteiger partial charge in [-0.25, -0.2) is 0 Å². The Morgan fingerprint density at radius 2 is 2.08 bits per heavy atom. The first kappa shape index (κ1) is 11.9. The summed E-state index contributed by atoms with van der Waals surface area (Å²) in [6, 6.07) is 1.99. The van der Waals surface area contributed by atoms with Gasteiger partial charge in [-0.3, -0.25) is 9.69 Å². The molecule has 4 nitrogen and oxygen atoms in total. The summed E-state index contributed by atoms with van der Waals surface area (Å²) >= 11 is 0. The molecule has 0 N–H and O–H groups in total. The Hall–Kier alpha value is -1.08. The second kappa shape index (κ2) is 5.55. The molecule has 4 heteroatoms.